The van der Waals surface area contributed by atoms with E-state index >= 15 is 0 Å². The number of nitrogens with zero attached hydrogens (tertiary/aromatic N) is 1. The van der Waals surface area contributed by atoms with Gasteiger partial charge in [-0.15, -0.1) is 0 Å². The van der Waals surface area contributed by atoms with E-state index in [1.807, 2.05) is 37.3 Å². The fourth-order valence-electron chi connectivity index (χ4n) is 4.92. The van der Waals surface area contributed by atoms with Crippen molar-refractivity contribution < 1.29 is 33.3 Å². The van der Waals surface area contributed by atoms with E-state index in [1.54, 1.807) is 12.3 Å². The van der Waals surface area contributed by atoms with Gasteiger partial charge in [-0.25, -0.2) is 4.79 Å². The van der Waals surface area contributed by atoms with Crippen molar-refractivity contribution >= 4 is 28.6 Å². The topological polar surface area (TPSA) is 101 Å². The lowest BCUT2D eigenvalue weighted by Gasteiger charge is -2.39. The molecule has 0 spiro atoms. The zero-order valence-corrected chi connectivity index (χ0v) is 19.0. The first-order chi connectivity index (χ1) is 16.4. The summed E-state index contributed by atoms with van der Waals surface area (Å²) in [5, 5.41) is 0.912. The van der Waals surface area contributed by atoms with E-state index in [9.17, 15) is 14.4 Å². The summed E-state index contributed by atoms with van der Waals surface area (Å²) < 4.78 is 22.5. The predicted molar refractivity (Wildman–Crippen MR) is 122 cm³/mol. The number of aromatic nitrogens is 1. The molecular formula is C26H23NO7. The van der Waals surface area contributed by atoms with Crippen molar-refractivity contribution in [2.75, 3.05) is 14.2 Å². The van der Waals surface area contributed by atoms with Gasteiger partial charge in [-0.1, -0.05) is 24.3 Å². The minimum Gasteiger partial charge on any atom is -0.496 e. The Morgan fingerprint density at radius 2 is 1.94 bits per heavy atom. The molecule has 2 aliphatic heterocycles. The molecule has 0 N–H and O–H groups in total. The summed E-state index contributed by atoms with van der Waals surface area (Å²) in [6, 6.07) is 11.3. The van der Waals surface area contributed by atoms with Gasteiger partial charge in [0.2, 0.25) is 5.60 Å². The van der Waals surface area contributed by atoms with Crippen molar-refractivity contribution in [2.24, 2.45) is 0 Å². The average Bonchev–Trinajstić information content (AvgIpc) is 3.29. The maximum atomic E-state index is 13.6. The van der Waals surface area contributed by atoms with Crippen LogP contribution in [0.5, 0.6) is 11.5 Å². The standard InChI is InChI=1S/C26H23NO7/c1-14-12-18(31-2)22-17(28)13-26(25(30)32-3,19-9-10-20(29)33-19)34-24(22)21(14)16-8-4-6-15-7-5-11-27-23(15)16/h4-8,11-12,19H,9-10,13H2,1-3H3/t19-,26-/m1/s1. The van der Waals surface area contributed by atoms with E-state index in [4.69, 9.17) is 18.9 Å². The molecule has 0 bridgehead atoms. The minimum atomic E-state index is -1.80. The van der Waals surface area contributed by atoms with Crippen molar-refractivity contribution in [1.82, 2.24) is 4.98 Å². The number of carbonyl (C=O) groups is 3. The third-order valence-electron chi connectivity index (χ3n) is 6.49. The lowest BCUT2D eigenvalue weighted by Crippen LogP contribution is -2.58. The highest BCUT2D eigenvalue weighted by Gasteiger charge is 2.58. The van der Waals surface area contributed by atoms with Crippen LogP contribution >= 0.6 is 0 Å². The van der Waals surface area contributed by atoms with Crippen LogP contribution in [0, 0.1) is 6.92 Å². The summed E-state index contributed by atoms with van der Waals surface area (Å²) in [6.45, 7) is 1.87. The fraction of sp³-hybridized carbons (Fsp3) is 0.308. The number of fused-ring (bicyclic) bond motifs is 2. The van der Waals surface area contributed by atoms with Crippen molar-refractivity contribution in [3.05, 3.63) is 53.7 Å². The second-order valence-corrected chi connectivity index (χ2v) is 8.46. The Balaban J connectivity index is 1.80. The number of hydrogen-bond acceptors (Lipinski definition) is 8. The number of hydrogen-bond donors (Lipinski definition) is 0. The van der Waals surface area contributed by atoms with E-state index in [-0.39, 0.29) is 36.4 Å². The molecule has 3 heterocycles. The maximum absolute atomic E-state index is 13.6. The third kappa shape index (κ3) is 3.21. The van der Waals surface area contributed by atoms with Gasteiger partial charge in [-0.05, 0) is 31.0 Å². The Morgan fingerprint density at radius 1 is 1.15 bits per heavy atom. The summed E-state index contributed by atoms with van der Waals surface area (Å²) >= 11 is 0. The molecule has 1 saturated heterocycles. The third-order valence-corrected chi connectivity index (χ3v) is 6.49. The maximum Gasteiger partial charge on any atom is 0.354 e. The Labute approximate surface area is 195 Å². The normalized spacial score (nSPS) is 21.6. The number of methoxy groups -OCH3 is 2. The quantitative estimate of drug-likeness (QED) is 0.541. The van der Waals surface area contributed by atoms with Crippen molar-refractivity contribution in [3.63, 3.8) is 0 Å². The summed E-state index contributed by atoms with van der Waals surface area (Å²) in [7, 11) is 2.69. The van der Waals surface area contributed by atoms with Crippen LogP contribution in [0.15, 0.2) is 42.6 Å². The molecule has 0 saturated carbocycles. The highest BCUT2D eigenvalue weighted by molar-refractivity contribution is 6.10. The predicted octanol–water partition coefficient (Wildman–Crippen LogP) is 3.80. The van der Waals surface area contributed by atoms with E-state index in [1.165, 1.54) is 14.2 Å². The first kappa shape index (κ1) is 21.9. The van der Waals surface area contributed by atoms with Gasteiger partial charge in [-0.3, -0.25) is 14.6 Å². The molecule has 0 radical (unpaired) electrons. The van der Waals surface area contributed by atoms with Crippen LogP contribution in [0.25, 0.3) is 22.0 Å². The van der Waals surface area contributed by atoms with Gasteiger partial charge in [-0.2, -0.15) is 0 Å². The number of ether oxygens (including phenoxy) is 4. The molecule has 0 unspecified atom stereocenters. The Bertz CT molecular complexity index is 1340. The van der Waals surface area contributed by atoms with Gasteiger partial charge in [0, 0.05) is 29.1 Å². The second-order valence-electron chi connectivity index (χ2n) is 8.46. The van der Waals surface area contributed by atoms with Crippen LogP contribution in [0.2, 0.25) is 0 Å². The first-order valence-electron chi connectivity index (χ1n) is 11.0. The highest BCUT2D eigenvalue weighted by Crippen LogP contribution is 2.50. The number of benzene rings is 2. The molecular weight excluding hydrogens is 438 g/mol. The number of Topliss-reactive ketones (excluding diaryl/α,β-unsaturated/α-hetero) is 1. The largest absolute Gasteiger partial charge is 0.496 e. The summed E-state index contributed by atoms with van der Waals surface area (Å²) in [5.41, 5.74) is 1.29. The number of cyclic esters (lactones) is 1. The van der Waals surface area contributed by atoms with Crippen LogP contribution in [0.1, 0.15) is 35.2 Å². The Morgan fingerprint density at radius 3 is 2.65 bits per heavy atom. The number of aryl methyl sites for hydroxylation is 1. The lowest BCUT2D eigenvalue weighted by molar-refractivity contribution is -0.175. The molecule has 1 aromatic heterocycles. The van der Waals surface area contributed by atoms with E-state index in [0.29, 0.717) is 11.3 Å². The van der Waals surface area contributed by atoms with Crippen LogP contribution in [-0.2, 0) is 19.1 Å². The SMILES string of the molecule is COC(=O)[C@]1([C@H]2CCC(=O)O2)CC(=O)c2c(OC)cc(C)c(-c3cccc4cccnc34)c2O1. The Hall–Kier alpha value is -3.94. The number of rotatable bonds is 4. The zero-order valence-electron chi connectivity index (χ0n) is 19.0. The summed E-state index contributed by atoms with van der Waals surface area (Å²) in [6.07, 6.45) is 0.780. The molecule has 1 fully saturated rings. The van der Waals surface area contributed by atoms with Crippen LogP contribution in [0.3, 0.4) is 0 Å². The Kier molecular flexibility index (Phi) is 5.23. The van der Waals surface area contributed by atoms with Gasteiger partial charge in [0.15, 0.2) is 11.9 Å². The molecule has 2 aromatic carbocycles. The number of ketones is 1. The zero-order chi connectivity index (χ0) is 24.0. The number of carbonyl (C=O) groups excluding carboxylic acids is 3. The molecule has 8 heteroatoms. The molecule has 34 heavy (non-hydrogen) atoms. The van der Waals surface area contributed by atoms with E-state index in [2.05, 4.69) is 4.98 Å². The van der Waals surface area contributed by atoms with Gasteiger partial charge >= 0.3 is 11.9 Å². The van der Waals surface area contributed by atoms with E-state index < -0.39 is 23.6 Å². The molecule has 2 aliphatic rings. The average molecular weight is 461 g/mol. The van der Waals surface area contributed by atoms with Crippen LogP contribution in [-0.4, -0.2) is 48.6 Å². The van der Waals surface area contributed by atoms with Gasteiger partial charge < -0.3 is 18.9 Å². The number of para-hydroxylation sites is 1. The fourth-order valence-corrected chi connectivity index (χ4v) is 4.92. The summed E-state index contributed by atoms with van der Waals surface area (Å²) in [5.74, 6) is -1.04. The molecule has 0 amide bonds. The second kappa shape index (κ2) is 8.13. The number of esters is 2. The molecule has 8 nitrogen and oxygen atoms in total. The minimum absolute atomic E-state index is 0.130. The van der Waals surface area contributed by atoms with Crippen LogP contribution in [0.4, 0.5) is 0 Å². The number of pyridine rings is 1. The van der Waals surface area contributed by atoms with Gasteiger partial charge in [0.1, 0.15) is 17.1 Å². The van der Waals surface area contributed by atoms with Crippen molar-refractivity contribution in [3.8, 4) is 22.6 Å². The highest BCUT2D eigenvalue weighted by atomic mass is 16.6. The van der Waals surface area contributed by atoms with Crippen molar-refractivity contribution in [1.29, 1.82) is 0 Å². The molecule has 2 atom stereocenters. The smallest absolute Gasteiger partial charge is 0.354 e. The molecule has 3 aromatic rings. The molecule has 0 aliphatic carbocycles. The summed E-state index contributed by atoms with van der Waals surface area (Å²) in [4.78, 5) is 43.2. The van der Waals surface area contributed by atoms with Crippen molar-refractivity contribution in [2.45, 2.75) is 37.9 Å². The van der Waals surface area contributed by atoms with Gasteiger partial charge in [0.05, 0.1) is 26.2 Å². The lowest BCUT2D eigenvalue weighted by atomic mass is 9.81. The van der Waals surface area contributed by atoms with E-state index in [0.717, 1.165) is 22.0 Å². The van der Waals surface area contributed by atoms with Crippen LogP contribution < -0.4 is 9.47 Å². The first-order valence-corrected chi connectivity index (χ1v) is 11.0. The molecule has 174 valence electrons. The van der Waals surface area contributed by atoms with Gasteiger partial charge in [0.25, 0.3) is 0 Å². The monoisotopic (exact) mass is 461 g/mol. The molecule has 5 rings (SSSR count).